The Bertz CT molecular complexity index is 437. The smallest absolute Gasteiger partial charge is 0.246 e. The van der Waals surface area contributed by atoms with Gasteiger partial charge in [0.2, 0.25) is 5.91 Å². The summed E-state index contributed by atoms with van der Waals surface area (Å²) in [5.74, 6) is -0.0690. The van der Waals surface area contributed by atoms with Crippen LogP contribution in [-0.4, -0.2) is 36.8 Å². The van der Waals surface area contributed by atoms with E-state index < -0.39 is 6.04 Å². The van der Waals surface area contributed by atoms with Crippen LogP contribution in [0, 0.1) is 6.92 Å². The predicted molar refractivity (Wildman–Crippen MR) is 70.1 cm³/mol. The van der Waals surface area contributed by atoms with Crippen molar-refractivity contribution in [3.8, 4) is 0 Å². The number of anilines is 1. The standard InChI is InChI=1S/C12H15BrN2O2/c1-8-6-9(2-3-10(8)13)15-5-4-14-11(7-16)12(15)17/h2-3,6,11,14,16H,4-5,7H2,1H3. The van der Waals surface area contributed by atoms with E-state index >= 15 is 0 Å². The van der Waals surface area contributed by atoms with Gasteiger partial charge in [0.05, 0.1) is 6.61 Å². The molecule has 1 aliphatic rings. The maximum absolute atomic E-state index is 12.0. The number of piperazine rings is 1. The molecule has 5 heteroatoms. The van der Waals surface area contributed by atoms with Gasteiger partial charge in [-0.3, -0.25) is 4.79 Å². The Balaban J connectivity index is 2.26. The lowest BCUT2D eigenvalue weighted by molar-refractivity contribution is -0.122. The highest BCUT2D eigenvalue weighted by atomic mass is 79.9. The van der Waals surface area contributed by atoms with Gasteiger partial charge in [-0.25, -0.2) is 0 Å². The van der Waals surface area contributed by atoms with Gasteiger partial charge in [-0.1, -0.05) is 15.9 Å². The number of nitrogens with zero attached hydrogens (tertiary/aromatic N) is 1. The molecule has 1 fully saturated rings. The lowest BCUT2D eigenvalue weighted by atomic mass is 10.1. The molecule has 1 heterocycles. The SMILES string of the molecule is Cc1cc(N2CCNC(CO)C2=O)ccc1Br. The second kappa shape index (κ2) is 5.16. The summed E-state index contributed by atoms with van der Waals surface area (Å²) in [7, 11) is 0. The van der Waals surface area contributed by atoms with Crippen LogP contribution in [-0.2, 0) is 4.79 Å². The molecule has 0 saturated carbocycles. The van der Waals surface area contributed by atoms with Crippen LogP contribution < -0.4 is 10.2 Å². The maximum Gasteiger partial charge on any atom is 0.246 e. The van der Waals surface area contributed by atoms with Crippen molar-refractivity contribution in [2.45, 2.75) is 13.0 Å². The summed E-state index contributed by atoms with van der Waals surface area (Å²) in [5, 5.41) is 12.1. The zero-order valence-electron chi connectivity index (χ0n) is 9.61. The first-order valence-electron chi connectivity index (χ1n) is 5.55. The molecule has 17 heavy (non-hydrogen) atoms. The Morgan fingerprint density at radius 3 is 3.00 bits per heavy atom. The minimum Gasteiger partial charge on any atom is -0.394 e. The third-order valence-electron chi connectivity index (χ3n) is 2.93. The molecular weight excluding hydrogens is 284 g/mol. The third kappa shape index (κ3) is 2.51. The van der Waals surface area contributed by atoms with Gasteiger partial charge in [-0.2, -0.15) is 0 Å². The van der Waals surface area contributed by atoms with Gasteiger partial charge in [0, 0.05) is 23.2 Å². The molecule has 1 saturated heterocycles. The first kappa shape index (κ1) is 12.5. The molecule has 0 bridgehead atoms. The Kier molecular flexibility index (Phi) is 3.81. The Morgan fingerprint density at radius 1 is 1.59 bits per heavy atom. The number of benzene rings is 1. The first-order valence-corrected chi connectivity index (χ1v) is 6.34. The van der Waals surface area contributed by atoms with Crippen molar-refractivity contribution in [2.24, 2.45) is 0 Å². The van der Waals surface area contributed by atoms with E-state index in [4.69, 9.17) is 5.11 Å². The lowest BCUT2D eigenvalue weighted by Crippen LogP contribution is -2.56. The number of hydrogen-bond donors (Lipinski definition) is 2. The molecule has 92 valence electrons. The van der Waals surface area contributed by atoms with Crippen LogP contribution in [0.2, 0.25) is 0 Å². The van der Waals surface area contributed by atoms with E-state index in [1.54, 1.807) is 4.90 Å². The quantitative estimate of drug-likeness (QED) is 0.858. The minimum atomic E-state index is -0.479. The van der Waals surface area contributed by atoms with Crippen molar-refractivity contribution in [3.63, 3.8) is 0 Å². The fraction of sp³-hybridized carbons (Fsp3) is 0.417. The van der Waals surface area contributed by atoms with Gasteiger partial charge >= 0.3 is 0 Å². The highest BCUT2D eigenvalue weighted by Gasteiger charge is 2.28. The van der Waals surface area contributed by atoms with E-state index in [1.807, 2.05) is 25.1 Å². The average molecular weight is 299 g/mol. The number of halogens is 1. The summed E-state index contributed by atoms with van der Waals surface area (Å²) < 4.78 is 1.03. The number of carbonyl (C=O) groups is 1. The zero-order chi connectivity index (χ0) is 12.4. The van der Waals surface area contributed by atoms with E-state index in [0.29, 0.717) is 13.1 Å². The fourth-order valence-electron chi connectivity index (χ4n) is 1.93. The first-order chi connectivity index (χ1) is 8.13. The van der Waals surface area contributed by atoms with E-state index in [0.717, 1.165) is 15.7 Å². The Morgan fingerprint density at radius 2 is 2.35 bits per heavy atom. The highest BCUT2D eigenvalue weighted by molar-refractivity contribution is 9.10. The van der Waals surface area contributed by atoms with Crippen LogP contribution in [0.5, 0.6) is 0 Å². The van der Waals surface area contributed by atoms with Gasteiger partial charge in [0.15, 0.2) is 0 Å². The molecule has 0 spiro atoms. The van der Waals surface area contributed by atoms with Crippen molar-refractivity contribution in [1.29, 1.82) is 0 Å². The van der Waals surface area contributed by atoms with Crippen LogP contribution in [0.15, 0.2) is 22.7 Å². The molecule has 4 nitrogen and oxygen atoms in total. The molecule has 1 aromatic rings. The normalized spacial score (nSPS) is 20.8. The van der Waals surface area contributed by atoms with Crippen molar-refractivity contribution >= 4 is 27.5 Å². The number of carbonyl (C=O) groups excluding carboxylic acids is 1. The van der Waals surface area contributed by atoms with E-state index in [-0.39, 0.29) is 12.5 Å². The van der Waals surface area contributed by atoms with Crippen molar-refractivity contribution in [3.05, 3.63) is 28.2 Å². The number of nitrogens with one attached hydrogen (secondary N) is 1. The van der Waals surface area contributed by atoms with Gasteiger partial charge in [-0.05, 0) is 30.7 Å². The number of amides is 1. The van der Waals surface area contributed by atoms with Crippen LogP contribution in [0.3, 0.4) is 0 Å². The zero-order valence-corrected chi connectivity index (χ0v) is 11.2. The number of aliphatic hydroxyl groups excluding tert-OH is 1. The Hall–Kier alpha value is -0.910. The molecule has 2 N–H and O–H groups in total. The molecule has 1 unspecified atom stereocenters. The average Bonchev–Trinajstić information content (AvgIpc) is 2.33. The summed E-state index contributed by atoms with van der Waals surface area (Å²) >= 11 is 3.44. The van der Waals surface area contributed by atoms with E-state index in [1.165, 1.54) is 0 Å². The fourth-order valence-corrected chi connectivity index (χ4v) is 2.18. The molecule has 1 aromatic carbocycles. The van der Waals surface area contributed by atoms with Gasteiger partial charge in [-0.15, -0.1) is 0 Å². The molecule has 1 aliphatic heterocycles. The number of hydrogen-bond acceptors (Lipinski definition) is 3. The van der Waals surface area contributed by atoms with E-state index in [9.17, 15) is 4.79 Å². The summed E-state index contributed by atoms with van der Waals surface area (Å²) in [6, 6.07) is 5.34. The summed E-state index contributed by atoms with van der Waals surface area (Å²) in [4.78, 5) is 13.8. The third-order valence-corrected chi connectivity index (χ3v) is 3.82. The Labute approximate surface area is 109 Å². The maximum atomic E-state index is 12.0. The van der Waals surface area contributed by atoms with Crippen molar-refractivity contribution in [1.82, 2.24) is 5.32 Å². The molecular formula is C12H15BrN2O2. The van der Waals surface area contributed by atoms with E-state index in [2.05, 4.69) is 21.2 Å². The van der Waals surface area contributed by atoms with Crippen LogP contribution >= 0.6 is 15.9 Å². The van der Waals surface area contributed by atoms with Gasteiger partial charge < -0.3 is 15.3 Å². The van der Waals surface area contributed by atoms with Crippen molar-refractivity contribution in [2.75, 3.05) is 24.6 Å². The molecule has 0 aliphatic carbocycles. The molecule has 0 radical (unpaired) electrons. The predicted octanol–water partition coefficient (Wildman–Crippen LogP) is 1.05. The summed E-state index contributed by atoms with van der Waals surface area (Å²) in [6.07, 6.45) is 0. The minimum absolute atomic E-state index is 0.0690. The van der Waals surface area contributed by atoms with Crippen LogP contribution in [0.1, 0.15) is 5.56 Å². The van der Waals surface area contributed by atoms with Gasteiger partial charge in [0.25, 0.3) is 0 Å². The molecule has 1 atom stereocenters. The highest BCUT2D eigenvalue weighted by Crippen LogP contribution is 2.24. The van der Waals surface area contributed by atoms with Crippen LogP contribution in [0.4, 0.5) is 5.69 Å². The topological polar surface area (TPSA) is 52.6 Å². The largest absolute Gasteiger partial charge is 0.394 e. The number of rotatable bonds is 2. The lowest BCUT2D eigenvalue weighted by Gasteiger charge is -2.32. The van der Waals surface area contributed by atoms with Gasteiger partial charge in [0.1, 0.15) is 6.04 Å². The summed E-state index contributed by atoms with van der Waals surface area (Å²) in [6.45, 7) is 3.16. The molecule has 1 amide bonds. The second-order valence-corrected chi connectivity index (χ2v) is 4.97. The monoisotopic (exact) mass is 298 g/mol. The summed E-state index contributed by atoms with van der Waals surface area (Å²) in [5.41, 5.74) is 1.98. The van der Waals surface area contributed by atoms with Crippen molar-refractivity contribution < 1.29 is 9.90 Å². The number of aliphatic hydroxyl groups is 1. The van der Waals surface area contributed by atoms with Crippen LogP contribution in [0.25, 0.3) is 0 Å². The second-order valence-electron chi connectivity index (χ2n) is 4.11. The molecule has 2 rings (SSSR count). The number of aryl methyl sites for hydroxylation is 1. The molecule has 0 aromatic heterocycles.